The van der Waals surface area contributed by atoms with Crippen molar-refractivity contribution >= 4 is 18.0 Å². The molecule has 1 fully saturated rings. The highest BCUT2D eigenvalue weighted by molar-refractivity contribution is 5.78. The van der Waals surface area contributed by atoms with Gasteiger partial charge in [0.15, 0.2) is 0 Å². The van der Waals surface area contributed by atoms with Crippen LogP contribution in [0.25, 0.3) is 0 Å². The molecule has 6 N–H and O–H groups in total. The van der Waals surface area contributed by atoms with Gasteiger partial charge in [-0.25, -0.2) is 10.6 Å². The van der Waals surface area contributed by atoms with E-state index in [1.807, 2.05) is 103 Å². The average Bonchev–Trinajstić information content (AvgIpc) is 3.56. The van der Waals surface area contributed by atoms with Gasteiger partial charge >= 0.3 is 12.1 Å². The van der Waals surface area contributed by atoms with E-state index in [2.05, 4.69) is 10.1 Å². The Kier molecular flexibility index (Phi) is 24.7. The van der Waals surface area contributed by atoms with E-state index >= 15 is 0 Å². The van der Waals surface area contributed by atoms with Crippen LogP contribution in [-0.4, -0.2) is 79.5 Å². The molecule has 1 aliphatic rings. The molecule has 2 amide bonds. The van der Waals surface area contributed by atoms with Gasteiger partial charge in [-0.3, -0.25) is 15.0 Å². The predicted octanol–water partition coefficient (Wildman–Crippen LogP) is 5.60. The Balaban J connectivity index is 0.000000290. The standard InChI is InChI=1S/C15H22O4.C14H22N2O3.C14H19NO3/c1-12(15(17)18-2)14(16)9-6-10-19-11-13-7-4-3-5-8-13;1-11(14(18)16-15)13(17)8-5-9-19-10-12-6-3-2-4-7-12;1-11-13(18-14(16)15-11)8-5-9-17-10-12-6-3-2-4-7-12/h3-5,7-8,12,14,16H,6,9-11H2,1-2H3;2-4,6-7,11,13,17H,5,8-10,15H2,1H3,(H,16,18);2-4,6-7,11,13H,5,8-10H2,1H3,(H,15,16)/t12-,14-;2*11-,13-/m111/s1. The molecule has 1 aliphatic heterocycles. The number of nitrogens with two attached hydrogens (primary N) is 1. The molecule has 0 unspecified atom stereocenters. The van der Waals surface area contributed by atoms with Crippen LogP contribution < -0.4 is 16.6 Å². The van der Waals surface area contributed by atoms with E-state index < -0.39 is 24.0 Å². The van der Waals surface area contributed by atoms with Crippen molar-refractivity contribution in [2.45, 2.75) is 103 Å². The van der Waals surface area contributed by atoms with Gasteiger partial charge in [0.25, 0.3) is 0 Å². The third kappa shape index (κ3) is 20.5. The number of benzene rings is 3. The normalized spacial score (nSPS) is 16.7. The maximum atomic E-state index is 11.2. The number of amides is 2. The summed E-state index contributed by atoms with van der Waals surface area (Å²) in [5, 5.41) is 22.3. The van der Waals surface area contributed by atoms with Crippen LogP contribution in [0.3, 0.4) is 0 Å². The summed E-state index contributed by atoms with van der Waals surface area (Å²) >= 11 is 0. The third-order valence-electron chi connectivity index (χ3n) is 9.13. The molecular formula is C43H63N3O10. The van der Waals surface area contributed by atoms with Crippen LogP contribution in [0.5, 0.6) is 0 Å². The Bertz CT molecular complexity index is 1400. The number of cyclic esters (lactones) is 1. The summed E-state index contributed by atoms with van der Waals surface area (Å²) in [4.78, 5) is 33.4. The lowest BCUT2D eigenvalue weighted by molar-refractivity contribution is -0.148. The molecule has 13 nitrogen and oxygen atoms in total. The predicted molar refractivity (Wildman–Crippen MR) is 214 cm³/mol. The number of hydrogen-bond donors (Lipinski definition) is 5. The molecule has 13 heteroatoms. The van der Waals surface area contributed by atoms with Gasteiger partial charge in [0.05, 0.1) is 57.0 Å². The third-order valence-corrected chi connectivity index (χ3v) is 9.13. The van der Waals surface area contributed by atoms with Crippen molar-refractivity contribution in [1.29, 1.82) is 0 Å². The van der Waals surface area contributed by atoms with Gasteiger partial charge < -0.3 is 39.2 Å². The van der Waals surface area contributed by atoms with Crippen molar-refractivity contribution in [2.24, 2.45) is 17.7 Å². The Labute approximate surface area is 332 Å². The first-order valence-corrected chi connectivity index (χ1v) is 19.3. The quantitative estimate of drug-likeness (QED) is 0.0281. The molecule has 0 bridgehead atoms. The number of esters is 1. The zero-order valence-corrected chi connectivity index (χ0v) is 33.3. The minimum absolute atomic E-state index is 0.0159. The van der Waals surface area contributed by atoms with Crippen LogP contribution in [0.2, 0.25) is 0 Å². The highest BCUT2D eigenvalue weighted by Crippen LogP contribution is 2.15. The van der Waals surface area contributed by atoms with Crippen LogP contribution in [0.4, 0.5) is 4.79 Å². The van der Waals surface area contributed by atoms with Crippen LogP contribution in [-0.2, 0) is 53.1 Å². The smallest absolute Gasteiger partial charge is 0.407 e. The molecule has 310 valence electrons. The van der Waals surface area contributed by atoms with Crippen LogP contribution in [0.1, 0.15) is 76.0 Å². The summed E-state index contributed by atoms with van der Waals surface area (Å²) in [5.41, 5.74) is 5.47. The fourth-order valence-corrected chi connectivity index (χ4v) is 5.48. The highest BCUT2D eigenvalue weighted by atomic mass is 16.6. The molecular weight excluding hydrogens is 718 g/mol. The van der Waals surface area contributed by atoms with E-state index in [-0.39, 0.29) is 30.1 Å². The molecule has 0 aliphatic carbocycles. The minimum atomic E-state index is -0.691. The van der Waals surface area contributed by atoms with Crippen molar-refractivity contribution in [3.8, 4) is 0 Å². The van der Waals surface area contributed by atoms with E-state index in [1.54, 1.807) is 13.8 Å². The van der Waals surface area contributed by atoms with Crippen LogP contribution in [0.15, 0.2) is 91.0 Å². The lowest BCUT2D eigenvalue weighted by atomic mass is 10.00. The highest BCUT2D eigenvalue weighted by Gasteiger charge is 2.29. The van der Waals surface area contributed by atoms with Crippen molar-refractivity contribution in [2.75, 3.05) is 26.9 Å². The van der Waals surface area contributed by atoms with Crippen molar-refractivity contribution in [1.82, 2.24) is 10.7 Å². The van der Waals surface area contributed by atoms with E-state index in [9.17, 15) is 24.6 Å². The average molecular weight is 782 g/mol. The number of nitrogens with one attached hydrogen (secondary N) is 2. The van der Waals surface area contributed by atoms with E-state index in [4.69, 9.17) is 24.8 Å². The first-order chi connectivity index (χ1) is 27.0. The van der Waals surface area contributed by atoms with E-state index in [0.717, 1.165) is 30.4 Å². The molecule has 6 atom stereocenters. The molecule has 3 aromatic carbocycles. The molecule has 0 aromatic heterocycles. The fraction of sp³-hybridized carbons (Fsp3) is 0.512. The number of carbonyl (C=O) groups is 3. The summed E-state index contributed by atoms with van der Waals surface area (Å²) < 4.78 is 26.3. The first-order valence-electron chi connectivity index (χ1n) is 19.3. The molecule has 4 rings (SSSR count). The molecule has 56 heavy (non-hydrogen) atoms. The summed E-state index contributed by atoms with van der Waals surface area (Å²) in [7, 11) is 1.33. The lowest BCUT2D eigenvalue weighted by Gasteiger charge is -2.16. The minimum Gasteiger partial charge on any atom is -0.469 e. The van der Waals surface area contributed by atoms with Gasteiger partial charge in [-0.2, -0.15) is 0 Å². The molecule has 1 saturated heterocycles. The zero-order valence-electron chi connectivity index (χ0n) is 33.3. The fourth-order valence-electron chi connectivity index (χ4n) is 5.48. The Morgan fingerprint density at radius 2 is 1.14 bits per heavy atom. The second-order valence-electron chi connectivity index (χ2n) is 13.7. The van der Waals surface area contributed by atoms with Crippen molar-refractivity contribution in [3.63, 3.8) is 0 Å². The Morgan fingerprint density at radius 3 is 1.52 bits per heavy atom. The number of ether oxygens (including phenoxy) is 5. The van der Waals surface area contributed by atoms with Gasteiger partial charge in [-0.05, 0) is 69.1 Å². The van der Waals surface area contributed by atoms with Gasteiger partial charge in [0.2, 0.25) is 5.91 Å². The monoisotopic (exact) mass is 781 g/mol. The number of alkyl carbamates (subject to hydrolysis) is 1. The van der Waals surface area contributed by atoms with Crippen LogP contribution >= 0.6 is 0 Å². The van der Waals surface area contributed by atoms with E-state index in [1.165, 1.54) is 12.7 Å². The Morgan fingerprint density at radius 1 is 0.732 bits per heavy atom. The number of aliphatic hydroxyl groups is 2. The van der Waals surface area contributed by atoms with Gasteiger partial charge in [0, 0.05) is 19.8 Å². The number of rotatable bonds is 22. The van der Waals surface area contributed by atoms with Crippen molar-refractivity contribution in [3.05, 3.63) is 108 Å². The largest absolute Gasteiger partial charge is 0.469 e. The zero-order chi connectivity index (χ0) is 41.0. The SMILES string of the molecule is COC(=O)[C@H](C)[C@H](O)CCCOCc1ccccc1.C[C@@H](C(=O)NN)[C@H](O)CCCOCc1ccccc1.C[C@H]1NC(=O)O[C@@H]1CCCOCc1ccccc1. The Hall–Kier alpha value is -4.37. The molecule has 0 saturated carbocycles. The second-order valence-corrected chi connectivity index (χ2v) is 13.7. The molecule has 3 aromatic rings. The number of hydrazine groups is 1. The maximum absolute atomic E-state index is 11.2. The molecule has 0 spiro atoms. The maximum Gasteiger partial charge on any atom is 0.407 e. The lowest BCUT2D eigenvalue weighted by Crippen LogP contribution is -2.39. The molecule has 0 radical (unpaired) electrons. The van der Waals surface area contributed by atoms with Gasteiger partial charge in [0.1, 0.15) is 6.10 Å². The van der Waals surface area contributed by atoms with E-state index in [0.29, 0.717) is 58.9 Å². The van der Waals surface area contributed by atoms with Crippen LogP contribution in [0, 0.1) is 11.8 Å². The number of aliphatic hydroxyl groups excluding tert-OH is 2. The van der Waals surface area contributed by atoms with Gasteiger partial charge in [-0.15, -0.1) is 0 Å². The first kappa shape index (κ1) is 47.8. The summed E-state index contributed by atoms with van der Waals surface area (Å²) in [6.45, 7) is 8.87. The summed E-state index contributed by atoms with van der Waals surface area (Å²) in [5.74, 6) is 3.30. The summed E-state index contributed by atoms with van der Waals surface area (Å²) in [6, 6.07) is 30.0. The topological polar surface area (TPSA) is 188 Å². The van der Waals surface area contributed by atoms with Crippen molar-refractivity contribution < 1.29 is 48.3 Å². The van der Waals surface area contributed by atoms with Gasteiger partial charge in [-0.1, -0.05) is 97.9 Å². The summed E-state index contributed by atoms with van der Waals surface area (Å²) in [6.07, 6.45) is 2.53. The number of hydrogen-bond acceptors (Lipinski definition) is 11. The molecule has 1 heterocycles. The number of methoxy groups -OCH3 is 1. The number of carbonyl (C=O) groups excluding carboxylic acids is 3. The second kappa shape index (κ2) is 29.0.